The van der Waals surface area contributed by atoms with Gasteiger partial charge in [0.15, 0.2) is 5.82 Å². The molecule has 0 unspecified atom stereocenters. The molecule has 2 heterocycles. The van der Waals surface area contributed by atoms with Crippen LogP contribution in [0.25, 0.3) is 5.82 Å². The first-order valence-electron chi connectivity index (χ1n) is 3.76. The first-order chi connectivity index (χ1) is 6.40. The van der Waals surface area contributed by atoms with Gasteiger partial charge in [0.2, 0.25) is 0 Å². The van der Waals surface area contributed by atoms with Crippen LogP contribution in [0.3, 0.4) is 0 Å². The average molecular weight is 176 g/mol. The van der Waals surface area contributed by atoms with Crippen molar-refractivity contribution >= 4 is 5.69 Å². The Balaban J connectivity index is 2.41. The van der Waals surface area contributed by atoms with Crippen LogP contribution < -0.4 is 5.48 Å². The molecule has 5 heteroatoms. The van der Waals surface area contributed by atoms with Gasteiger partial charge in [-0.15, -0.1) is 0 Å². The fraction of sp³-hybridized carbons (Fsp3) is 0. The van der Waals surface area contributed by atoms with Gasteiger partial charge in [-0.1, -0.05) is 0 Å². The van der Waals surface area contributed by atoms with Crippen LogP contribution in [0.2, 0.25) is 0 Å². The zero-order valence-corrected chi connectivity index (χ0v) is 6.75. The number of hydrogen-bond acceptors (Lipinski definition) is 4. The summed E-state index contributed by atoms with van der Waals surface area (Å²) in [5, 5.41) is 12.7. The van der Waals surface area contributed by atoms with Crippen molar-refractivity contribution in [3.05, 3.63) is 36.8 Å². The standard InChI is InChI=1S/C8H8N4O/c13-11-7-2-4-9-8(6-7)12-5-1-3-10-12/h1-6,13H,(H,9,11). The van der Waals surface area contributed by atoms with E-state index in [0.29, 0.717) is 11.5 Å². The highest BCUT2D eigenvalue weighted by atomic mass is 16.5. The Kier molecular flexibility index (Phi) is 1.93. The Hall–Kier alpha value is -1.88. The van der Waals surface area contributed by atoms with Crippen LogP contribution in [0.5, 0.6) is 0 Å². The predicted molar refractivity (Wildman–Crippen MR) is 46.8 cm³/mol. The maximum Gasteiger partial charge on any atom is 0.155 e. The fourth-order valence-corrected chi connectivity index (χ4v) is 1.02. The van der Waals surface area contributed by atoms with E-state index >= 15 is 0 Å². The van der Waals surface area contributed by atoms with E-state index in [1.54, 1.807) is 41.5 Å². The molecule has 0 bridgehead atoms. The van der Waals surface area contributed by atoms with E-state index in [1.807, 2.05) is 5.48 Å². The van der Waals surface area contributed by atoms with Crippen molar-refractivity contribution in [1.82, 2.24) is 14.8 Å². The Morgan fingerprint density at radius 2 is 2.31 bits per heavy atom. The summed E-state index contributed by atoms with van der Waals surface area (Å²) in [7, 11) is 0. The smallest absolute Gasteiger partial charge is 0.155 e. The zero-order chi connectivity index (χ0) is 9.10. The van der Waals surface area contributed by atoms with E-state index in [-0.39, 0.29) is 0 Å². The van der Waals surface area contributed by atoms with Gasteiger partial charge in [0, 0.05) is 24.7 Å². The van der Waals surface area contributed by atoms with E-state index in [2.05, 4.69) is 10.1 Å². The molecule has 0 aromatic carbocycles. The van der Waals surface area contributed by atoms with Gasteiger partial charge in [0.25, 0.3) is 0 Å². The second-order valence-corrected chi connectivity index (χ2v) is 2.47. The van der Waals surface area contributed by atoms with E-state index in [9.17, 15) is 0 Å². The minimum absolute atomic E-state index is 0.584. The second-order valence-electron chi connectivity index (χ2n) is 2.47. The largest absolute Gasteiger partial charge is 0.291 e. The molecular formula is C8H8N4O. The van der Waals surface area contributed by atoms with Gasteiger partial charge < -0.3 is 0 Å². The van der Waals surface area contributed by atoms with E-state index < -0.39 is 0 Å². The van der Waals surface area contributed by atoms with E-state index in [1.165, 1.54) is 0 Å². The van der Waals surface area contributed by atoms with E-state index in [4.69, 9.17) is 5.21 Å². The van der Waals surface area contributed by atoms with Gasteiger partial charge in [-0.2, -0.15) is 5.10 Å². The summed E-state index contributed by atoms with van der Waals surface area (Å²) in [5.74, 6) is 0.657. The summed E-state index contributed by atoms with van der Waals surface area (Å²) in [6.07, 6.45) is 5.04. The minimum Gasteiger partial charge on any atom is -0.291 e. The monoisotopic (exact) mass is 176 g/mol. The molecule has 0 saturated carbocycles. The van der Waals surface area contributed by atoms with Crippen molar-refractivity contribution in [3.8, 4) is 5.82 Å². The van der Waals surface area contributed by atoms with E-state index in [0.717, 1.165) is 0 Å². The summed E-state index contributed by atoms with van der Waals surface area (Å²) >= 11 is 0. The Bertz CT molecular complexity index is 385. The molecule has 0 aliphatic rings. The number of anilines is 1. The van der Waals surface area contributed by atoms with Crippen molar-refractivity contribution in [1.29, 1.82) is 0 Å². The highest BCUT2D eigenvalue weighted by molar-refractivity contribution is 5.44. The summed E-state index contributed by atoms with van der Waals surface area (Å²) < 4.78 is 1.61. The lowest BCUT2D eigenvalue weighted by Gasteiger charge is -2.01. The molecule has 5 nitrogen and oxygen atoms in total. The summed E-state index contributed by atoms with van der Waals surface area (Å²) in [6, 6.07) is 5.15. The van der Waals surface area contributed by atoms with Crippen molar-refractivity contribution in [2.24, 2.45) is 0 Å². The first kappa shape index (κ1) is 7.75. The van der Waals surface area contributed by atoms with Gasteiger partial charge in [-0.05, 0) is 12.1 Å². The van der Waals surface area contributed by atoms with Crippen LogP contribution in [0.4, 0.5) is 5.69 Å². The number of nitrogens with one attached hydrogen (secondary N) is 1. The normalized spacial score (nSPS) is 9.92. The van der Waals surface area contributed by atoms with Gasteiger partial charge in [0.1, 0.15) is 0 Å². The van der Waals surface area contributed by atoms with Crippen molar-refractivity contribution in [2.45, 2.75) is 0 Å². The molecule has 0 spiro atoms. The number of nitrogens with zero attached hydrogens (tertiary/aromatic N) is 3. The second kappa shape index (κ2) is 3.24. The van der Waals surface area contributed by atoms with Crippen LogP contribution in [-0.2, 0) is 0 Å². The lowest BCUT2D eigenvalue weighted by Crippen LogP contribution is -1.99. The molecule has 0 atom stereocenters. The summed E-state index contributed by atoms with van der Waals surface area (Å²) in [6.45, 7) is 0. The van der Waals surface area contributed by atoms with Crippen molar-refractivity contribution in [2.75, 3.05) is 5.48 Å². The molecule has 0 aliphatic carbocycles. The molecule has 0 amide bonds. The van der Waals surface area contributed by atoms with Gasteiger partial charge >= 0.3 is 0 Å². The Morgan fingerprint density at radius 1 is 1.38 bits per heavy atom. The van der Waals surface area contributed by atoms with Crippen LogP contribution in [0.15, 0.2) is 36.8 Å². The SMILES string of the molecule is ONc1ccnc(-n2cccn2)c1. The molecule has 0 radical (unpaired) electrons. The third-order valence-corrected chi connectivity index (χ3v) is 1.61. The number of rotatable bonds is 2. The van der Waals surface area contributed by atoms with Crippen LogP contribution in [0, 0.1) is 0 Å². The molecule has 0 aliphatic heterocycles. The quantitative estimate of drug-likeness (QED) is 0.672. The first-order valence-corrected chi connectivity index (χ1v) is 3.76. The molecule has 0 saturated heterocycles. The number of pyridine rings is 1. The molecule has 0 fully saturated rings. The number of hydrogen-bond donors (Lipinski definition) is 2. The van der Waals surface area contributed by atoms with Gasteiger partial charge in [0.05, 0.1) is 5.69 Å². The third-order valence-electron chi connectivity index (χ3n) is 1.61. The Morgan fingerprint density at radius 3 is 3.00 bits per heavy atom. The maximum atomic E-state index is 8.65. The lowest BCUT2D eigenvalue weighted by molar-refractivity contribution is 0.389. The minimum atomic E-state index is 0.584. The summed E-state index contributed by atoms with van der Waals surface area (Å²) in [5.41, 5.74) is 2.63. The van der Waals surface area contributed by atoms with Gasteiger partial charge in [-0.25, -0.2) is 9.67 Å². The molecule has 66 valence electrons. The molecule has 2 rings (SSSR count). The van der Waals surface area contributed by atoms with Crippen LogP contribution in [0.1, 0.15) is 0 Å². The third kappa shape index (κ3) is 1.50. The number of aromatic nitrogens is 3. The van der Waals surface area contributed by atoms with Crippen LogP contribution >= 0.6 is 0 Å². The highest BCUT2D eigenvalue weighted by Crippen LogP contribution is 2.09. The molecule has 2 aromatic heterocycles. The zero-order valence-electron chi connectivity index (χ0n) is 6.75. The topological polar surface area (TPSA) is 63.0 Å². The maximum absolute atomic E-state index is 8.65. The molecular weight excluding hydrogens is 168 g/mol. The highest BCUT2D eigenvalue weighted by Gasteiger charge is 1.97. The molecule has 13 heavy (non-hydrogen) atoms. The predicted octanol–water partition coefficient (Wildman–Crippen LogP) is 1.07. The van der Waals surface area contributed by atoms with Gasteiger partial charge in [-0.3, -0.25) is 10.7 Å². The summed E-state index contributed by atoms with van der Waals surface area (Å²) in [4.78, 5) is 4.08. The van der Waals surface area contributed by atoms with Crippen molar-refractivity contribution in [3.63, 3.8) is 0 Å². The Labute approximate surface area is 74.6 Å². The lowest BCUT2D eigenvalue weighted by atomic mass is 10.4. The average Bonchev–Trinajstić information content (AvgIpc) is 2.71. The molecule has 2 N–H and O–H groups in total. The fourth-order valence-electron chi connectivity index (χ4n) is 1.02. The molecule has 2 aromatic rings. The van der Waals surface area contributed by atoms with Crippen molar-refractivity contribution < 1.29 is 5.21 Å². The van der Waals surface area contributed by atoms with Crippen LogP contribution in [-0.4, -0.2) is 20.0 Å².